The van der Waals surface area contributed by atoms with Crippen LogP contribution in [0.2, 0.25) is 5.02 Å². The number of halogens is 2. The number of nitrogens with zero attached hydrogens (tertiary/aromatic N) is 1. The minimum Gasteiger partial charge on any atom is -0.395 e. The zero-order valence-electron chi connectivity index (χ0n) is 10.4. The van der Waals surface area contributed by atoms with E-state index >= 15 is 0 Å². The van der Waals surface area contributed by atoms with Gasteiger partial charge in [0.05, 0.1) is 11.6 Å². The Bertz CT molecular complexity index is 399. The van der Waals surface area contributed by atoms with E-state index in [1.54, 1.807) is 12.1 Å². The zero-order valence-corrected chi connectivity index (χ0v) is 11.2. The van der Waals surface area contributed by atoms with Gasteiger partial charge in [0.25, 0.3) is 0 Å². The number of aliphatic hydroxyl groups is 1. The molecule has 1 fully saturated rings. The molecular formula is C14H19ClFNO. The molecule has 0 spiro atoms. The summed E-state index contributed by atoms with van der Waals surface area (Å²) in [4.78, 5) is 2.27. The van der Waals surface area contributed by atoms with E-state index < -0.39 is 0 Å². The predicted octanol–water partition coefficient (Wildman–Crippen LogP) is 3.22. The van der Waals surface area contributed by atoms with Crippen LogP contribution in [0.15, 0.2) is 18.2 Å². The number of hydrogen-bond donors (Lipinski definition) is 1. The van der Waals surface area contributed by atoms with Crippen LogP contribution in [0.1, 0.15) is 31.2 Å². The van der Waals surface area contributed by atoms with Crippen LogP contribution in [0.25, 0.3) is 0 Å². The molecule has 2 rings (SSSR count). The van der Waals surface area contributed by atoms with Gasteiger partial charge in [0, 0.05) is 12.6 Å². The minimum absolute atomic E-state index is 0.169. The van der Waals surface area contributed by atoms with Gasteiger partial charge in [-0.2, -0.15) is 0 Å². The number of hydrogen-bond acceptors (Lipinski definition) is 2. The number of rotatable bonds is 3. The Labute approximate surface area is 112 Å². The second-order valence-corrected chi connectivity index (χ2v) is 5.31. The second-order valence-electron chi connectivity index (χ2n) is 4.90. The van der Waals surface area contributed by atoms with Crippen LogP contribution >= 0.6 is 11.6 Å². The molecule has 1 saturated heterocycles. The summed E-state index contributed by atoms with van der Waals surface area (Å²) in [5.74, 6) is -0.380. The number of benzene rings is 1. The maximum absolute atomic E-state index is 13.1. The molecule has 18 heavy (non-hydrogen) atoms. The largest absolute Gasteiger partial charge is 0.395 e. The van der Waals surface area contributed by atoms with Crippen molar-refractivity contribution in [1.82, 2.24) is 4.90 Å². The van der Waals surface area contributed by atoms with Gasteiger partial charge in [-0.25, -0.2) is 4.39 Å². The van der Waals surface area contributed by atoms with E-state index in [0.29, 0.717) is 0 Å². The van der Waals surface area contributed by atoms with Crippen molar-refractivity contribution in [3.05, 3.63) is 34.6 Å². The summed E-state index contributed by atoms with van der Waals surface area (Å²) >= 11 is 5.79. The molecule has 1 N–H and O–H groups in total. The molecule has 4 heteroatoms. The first-order valence-corrected chi connectivity index (χ1v) is 6.87. The van der Waals surface area contributed by atoms with E-state index in [-0.39, 0.29) is 23.5 Å². The average molecular weight is 272 g/mol. The molecule has 1 aromatic rings. The fourth-order valence-corrected chi connectivity index (χ4v) is 2.73. The van der Waals surface area contributed by atoms with Crippen LogP contribution in [-0.4, -0.2) is 29.2 Å². The quantitative estimate of drug-likeness (QED) is 0.912. The van der Waals surface area contributed by atoms with Crippen molar-refractivity contribution in [2.24, 2.45) is 0 Å². The Morgan fingerprint density at radius 2 is 2.17 bits per heavy atom. The van der Waals surface area contributed by atoms with Gasteiger partial charge >= 0.3 is 0 Å². The summed E-state index contributed by atoms with van der Waals surface area (Å²) in [6.07, 6.45) is 4.58. The van der Waals surface area contributed by atoms with E-state index in [2.05, 4.69) is 4.90 Å². The maximum atomic E-state index is 13.1. The molecule has 1 atom stereocenters. The third-order valence-electron chi connectivity index (χ3n) is 3.58. The average Bonchev–Trinajstić information content (AvgIpc) is 2.59. The molecule has 1 heterocycles. The second kappa shape index (κ2) is 6.50. The molecule has 0 amide bonds. The minimum atomic E-state index is -0.380. The smallest absolute Gasteiger partial charge is 0.141 e. The van der Waals surface area contributed by atoms with E-state index in [1.165, 1.54) is 18.9 Å². The van der Waals surface area contributed by atoms with Gasteiger partial charge in [-0.05, 0) is 37.1 Å². The summed E-state index contributed by atoms with van der Waals surface area (Å²) in [6, 6.07) is 5.07. The van der Waals surface area contributed by atoms with Crippen LogP contribution in [0.3, 0.4) is 0 Å². The van der Waals surface area contributed by atoms with E-state index in [0.717, 1.165) is 31.5 Å². The van der Waals surface area contributed by atoms with Gasteiger partial charge in [-0.15, -0.1) is 0 Å². The molecule has 0 radical (unpaired) electrons. The van der Waals surface area contributed by atoms with Crippen molar-refractivity contribution in [3.63, 3.8) is 0 Å². The molecular weight excluding hydrogens is 253 g/mol. The van der Waals surface area contributed by atoms with Gasteiger partial charge in [-0.1, -0.05) is 30.5 Å². The van der Waals surface area contributed by atoms with E-state index in [1.807, 2.05) is 0 Å². The maximum Gasteiger partial charge on any atom is 0.141 e. The summed E-state index contributed by atoms with van der Waals surface area (Å²) in [5.41, 5.74) is 1.00. The fourth-order valence-electron chi connectivity index (χ4n) is 2.52. The van der Waals surface area contributed by atoms with Crippen LogP contribution < -0.4 is 0 Å². The van der Waals surface area contributed by atoms with Gasteiger partial charge in [-0.3, -0.25) is 4.90 Å². The Balaban J connectivity index is 2.07. The highest BCUT2D eigenvalue weighted by atomic mass is 35.5. The Hall–Kier alpha value is -0.640. The summed E-state index contributed by atoms with van der Waals surface area (Å²) in [6.45, 7) is 1.90. The highest BCUT2D eigenvalue weighted by molar-refractivity contribution is 6.30. The van der Waals surface area contributed by atoms with E-state index in [9.17, 15) is 9.50 Å². The fraction of sp³-hybridized carbons (Fsp3) is 0.571. The lowest BCUT2D eigenvalue weighted by atomic mass is 10.1. The highest BCUT2D eigenvalue weighted by Gasteiger charge is 2.20. The first kappa shape index (κ1) is 13.8. The Morgan fingerprint density at radius 3 is 2.89 bits per heavy atom. The first-order valence-electron chi connectivity index (χ1n) is 6.49. The molecule has 1 aromatic carbocycles. The zero-order chi connectivity index (χ0) is 13.0. The normalized spacial score (nSPS) is 21.8. The molecule has 0 aliphatic carbocycles. The molecule has 1 aliphatic heterocycles. The highest BCUT2D eigenvalue weighted by Crippen LogP contribution is 2.21. The van der Waals surface area contributed by atoms with Crippen molar-refractivity contribution in [3.8, 4) is 0 Å². The first-order chi connectivity index (χ1) is 8.70. The van der Waals surface area contributed by atoms with Gasteiger partial charge in [0.2, 0.25) is 0 Å². The Morgan fingerprint density at radius 1 is 1.33 bits per heavy atom. The topological polar surface area (TPSA) is 23.5 Å². The predicted molar refractivity (Wildman–Crippen MR) is 71.2 cm³/mol. The van der Waals surface area contributed by atoms with Crippen molar-refractivity contribution in [2.75, 3.05) is 13.2 Å². The van der Waals surface area contributed by atoms with Crippen molar-refractivity contribution >= 4 is 11.6 Å². The van der Waals surface area contributed by atoms with Crippen molar-refractivity contribution in [1.29, 1.82) is 0 Å². The molecule has 0 aromatic heterocycles. The lowest BCUT2D eigenvalue weighted by Gasteiger charge is -2.28. The Kier molecular flexibility index (Phi) is 4.98. The van der Waals surface area contributed by atoms with E-state index in [4.69, 9.17) is 11.6 Å². The molecule has 2 nitrogen and oxygen atoms in total. The number of likely N-dealkylation sites (tertiary alicyclic amines) is 1. The summed E-state index contributed by atoms with van der Waals surface area (Å²) < 4.78 is 13.1. The summed E-state index contributed by atoms with van der Waals surface area (Å²) in [7, 11) is 0. The van der Waals surface area contributed by atoms with Crippen molar-refractivity contribution in [2.45, 2.75) is 38.3 Å². The lowest BCUT2D eigenvalue weighted by molar-refractivity contribution is 0.118. The molecule has 0 saturated carbocycles. The monoisotopic (exact) mass is 271 g/mol. The molecule has 1 unspecified atom stereocenters. The SMILES string of the molecule is OCC1CCCCCN1Cc1ccc(F)c(Cl)c1. The van der Waals surface area contributed by atoms with Crippen LogP contribution in [0.5, 0.6) is 0 Å². The van der Waals surface area contributed by atoms with Crippen LogP contribution in [0, 0.1) is 5.82 Å². The van der Waals surface area contributed by atoms with Gasteiger partial charge in [0.1, 0.15) is 5.82 Å². The third-order valence-corrected chi connectivity index (χ3v) is 3.87. The van der Waals surface area contributed by atoms with Crippen molar-refractivity contribution < 1.29 is 9.50 Å². The van der Waals surface area contributed by atoms with Crippen LogP contribution in [-0.2, 0) is 6.54 Å². The van der Waals surface area contributed by atoms with Crippen LogP contribution in [0.4, 0.5) is 4.39 Å². The van der Waals surface area contributed by atoms with Gasteiger partial charge in [0.15, 0.2) is 0 Å². The standard InChI is InChI=1S/C14H19ClFNO/c15-13-8-11(5-6-14(13)16)9-17-7-3-1-2-4-12(17)10-18/h5-6,8,12,18H,1-4,7,9-10H2. The summed E-state index contributed by atoms with van der Waals surface area (Å²) in [5, 5.41) is 9.60. The lowest BCUT2D eigenvalue weighted by Crippen LogP contribution is -2.36. The van der Waals surface area contributed by atoms with Gasteiger partial charge < -0.3 is 5.11 Å². The molecule has 100 valence electrons. The molecule has 0 bridgehead atoms. The number of aliphatic hydroxyl groups excluding tert-OH is 1. The third kappa shape index (κ3) is 3.44. The molecule has 1 aliphatic rings.